The largest absolute Gasteiger partial charge is 0.416 e. The number of rotatable bonds is 4. The Morgan fingerprint density at radius 1 is 1.15 bits per heavy atom. The summed E-state index contributed by atoms with van der Waals surface area (Å²) in [5, 5.41) is 2.93. The van der Waals surface area contributed by atoms with Crippen LogP contribution in [0.15, 0.2) is 41.5 Å². The van der Waals surface area contributed by atoms with E-state index in [1.165, 1.54) is 35.5 Å². The Hall–Kier alpha value is -2.64. The topological polar surface area (TPSA) is 64.0 Å². The molecule has 1 aliphatic rings. The van der Waals surface area contributed by atoms with E-state index in [1.807, 2.05) is 0 Å². The van der Waals surface area contributed by atoms with Gasteiger partial charge in [0.1, 0.15) is 6.54 Å². The lowest BCUT2D eigenvalue weighted by Gasteiger charge is -2.22. The highest BCUT2D eigenvalue weighted by molar-refractivity contribution is 5.76. The fourth-order valence-corrected chi connectivity index (χ4v) is 3.21. The number of benzene rings is 1. The van der Waals surface area contributed by atoms with Crippen LogP contribution in [0.25, 0.3) is 11.3 Å². The Morgan fingerprint density at radius 3 is 2.41 bits per heavy atom. The van der Waals surface area contributed by atoms with E-state index in [1.54, 1.807) is 0 Å². The number of nitrogens with zero attached hydrogens (tertiary/aromatic N) is 2. The highest BCUT2D eigenvalue weighted by Gasteiger charge is 2.30. The fourth-order valence-electron chi connectivity index (χ4n) is 3.21. The third-order valence-corrected chi connectivity index (χ3v) is 4.67. The number of halogens is 3. The third-order valence-electron chi connectivity index (χ3n) is 4.67. The molecular formula is C19H20F3N3O2. The molecule has 2 aromatic rings. The summed E-state index contributed by atoms with van der Waals surface area (Å²) >= 11 is 0. The molecule has 0 unspecified atom stereocenters. The number of nitrogens with one attached hydrogen (secondary N) is 1. The molecule has 0 bridgehead atoms. The Balaban J connectivity index is 1.68. The average Bonchev–Trinajstić information content (AvgIpc) is 2.63. The molecule has 8 heteroatoms. The molecule has 0 saturated heterocycles. The number of carbonyl (C=O) groups excluding carboxylic acids is 1. The fraction of sp³-hybridized carbons (Fsp3) is 0.421. The minimum Gasteiger partial charge on any atom is -0.352 e. The van der Waals surface area contributed by atoms with Crippen LogP contribution in [0.4, 0.5) is 13.2 Å². The van der Waals surface area contributed by atoms with Gasteiger partial charge in [0.05, 0.1) is 17.6 Å². The summed E-state index contributed by atoms with van der Waals surface area (Å²) in [7, 11) is 0. The van der Waals surface area contributed by atoms with Crippen molar-refractivity contribution in [3.8, 4) is 11.3 Å². The predicted octanol–water partition coefficient (Wildman–Crippen LogP) is 3.38. The van der Waals surface area contributed by atoms with Gasteiger partial charge in [0.2, 0.25) is 5.91 Å². The Kier molecular flexibility index (Phi) is 5.62. The van der Waals surface area contributed by atoms with Crippen LogP contribution in [0.3, 0.4) is 0 Å². The standard InChI is InChI=1S/C19H20F3N3O2/c20-19(21,22)14-8-6-13(7-9-14)16-10-18(27)25(12-23-16)11-17(26)24-15-4-2-1-3-5-15/h6-10,12,15H,1-5,11H2,(H,24,26). The molecule has 0 atom stereocenters. The first-order chi connectivity index (χ1) is 12.8. The lowest BCUT2D eigenvalue weighted by molar-refractivity contribution is -0.137. The quantitative estimate of drug-likeness (QED) is 0.886. The van der Waals surface area contributed by atoms with E-state index < -0.39 is 17.3 Å². The molecule has 0 radical (unpaired) electrons. The minimum atomic E-state index is -4.42. The van der Waals surface area contributed by atoms with E-state index in [2.05, 4.69) is 10.3 Å². The predicted molar refractivity (Wildman–Crippen MR) is 94.0 cm³/mol. The molecule has 3 rings (SSSR count). The van der Waals surface area contributed by atoms with E-state index in [4.69, 9.17) is 0 Å². The lowest BCUT2D eigenvalue weighted by Crippen LogP contribution is -2.39. The molecular weight excluding hydrogens is 359 g/mol. The summed E-state index contributed by atoms with van der Waals surface area (Å²) in [5.41, 5.74) is -0.533. The summed E-state index contributed by atoms with van der Waals surface area (Å²) in [6.07, 6.45) is 2.10. The van der Waals surface area contributed by atoms with Crippen LogP contribution in [-0.2, 0) is 17.5 Å². The Labute approximate surface area is 154 Å². The van der Waals surface area contributed by atoms with Gasteiger partial charge in [-0.3, -0.25) is 14.2 Å². The van der Waals surface area contributed by atoms with Crippen LogP contribution < -0.4 is 10.9 Å². The second kappa shape index (κ2) is 7.94. The van der Waals surface area contributed by atoms with Crippen molar-refractivity contribution < 1.29 is 18.0 Å². The van der Waals surface area contributed by atoms with Gasteiger partial charge < -0.3 is 5.32 Å². The zero-order valence-corrected chi connectivity index (χ0v) is 14.6. The van der Waals surface area contributed by atoms with Crippen molar-refractivity contribution in [2.75, 3.05) is 0 Å². The van der Waals surface area contributed by atoms with Crippen LogP contribution in [0, 0.1) is 0 Å². The molecule has 27 heavy (non-hydrogen) atoms. The highest BCUT2D eigenvalue weighted by Crippen LogP contribution is 2.30. The molecule has 1 amide bonds. The first-order valence-corrected chi connectivity index (χ1v) is 8.86. The smallest absolute Gasteiger partial charge is 0.352 e. The maximum atomic E-state index is 12.6. The number of hydrogen-bond donors (Lipinski definition) is 1. The van der Waals surface area contributed by atoms with E-state index >= 15 is 0 Å². The second-order valence-corrected chi connectivity index (χ2v) is 6.72. The van der Waals surface area contributed by atoms with Crippen molar-refractivity contribution in [2.24, 2.45) is 0 Å². The molecule has 0 aliphatic heterocycles. The Bertz CT molecular complexity index is 854. The van der Waals surface area contributed by atoms with E-state index in [0.29, 0.717) is 5.56 Å². The van der Waals surface area contributed by atoms with Gasteiger partial charge in [0, 0.05) is 17.7 Å². The lowest BCUT2D eigenvalue weighted by atomic mass is 9.95. The van der Waals surface area contributed by atoms with Crippen molar-refractivity contribution in [1.82, 2.24) is 14.9 Å². The van der Waals surface area contributed by atoms with Gasteiger partial charge in [-0.1, -0.05) is 31.4 Å². The maximum Gasteiger partial charge on any atom is 0.416 e. The van der Waals surface area contributed by atoms with Gasteiger partial charge in [-0.15, -0.1) is 0 Å². The molecule has 0 spiro atoms. The number of carbonyl (C=O) groups is 1. The maximum absolute atomic E-state index is 12.6. The molecule has 1 N–H and O–H groups in total. The average molecular weight is 379 g/mol. The van der Waals surface area contributed by atoms with E-state index in [0.717, 1.165) is 37.8 Å². The van der Waals surface area contributed by atoms with Crippen molar-refractivity contribution in [3.63, 3.8) is 0 Å². The van der Waals surface area contributed by atoms with E-state index in [9.17, 15) is 22.8 Å². The SMILES string of the molecule is O=C(Cn1cnc(-c2ccc(C(F)(F)F)cc2)cc1=O)NC1CCCCC1. The van der Waals surface area contributed by atoms with Gasteiger partial charge in [-0.2, -0.15) is 13.2 Å². The first-order valence-electron chi connectivity index (χ1n) is 8.86. The van der Waals surface area contributed by atoms with Gasteiger partial charge >= 0.3 is 6.18 Å². The van der Waals surface area contributed by atoms with Crippen molar-refractivity contribution >= 4 is 5.91 Å². The minimum absolute atomic E-state index is 0.129. The van der Waals surface area contributed by atoms with Crippen LogP contribution in [0.5, 0.6) is 0 Å². The number of amides is 1. The monoisotopic (exact) mass is 379 g/mol. The van der Waals surface area contributed by atoms with Gasteiger partial charge in [0.15, 0.2) is 0 Å². The third kappa shape index (κ3) is 4.96. The molecule has 5 nitrogen and oxygen atoms in total. The zero-order valence-electron chi connectivity index (χ0n) is 14.6. The molecule has 1 heterocycles. The van der Waals surface area contributed by atoms with Gasteiger partial charge in [0.25, 0.3) is 5.56 Å². The molecule has 1 fully saturated rings. The Morgan fingerprint density at radius 2 is 1.81 bits per heavy atom. The van der Waals surface area contributed by atoms with Gasteiger partial charge in [-0.05, 0) is 25.0 Å². The van der Waals surface area contributed by atoms with Gasteiger partial charge in [-0.25, -0.2) is 4.98 Å². The molecule has 1 aromatic heterocycles. The number of hydrogen-bond acceptors (Lipinski definition) is 3. The van der Waals surface area contributed by atoms with Crippen molar-refractivity contribution in [1.29, 1.82) is 0 Å². The molecule has 1 aliphatic carbocycles. The van der Waals surface area contributed by atoms with Crippen molar-refractivity contribution in [2.45, 2.75) is 50.9 Å². The zero-order chi connectivity index (χ0) is 19.4. The summed E-state index contributed by atoms with van der Waals surface area (Å²) in [6, 6.07) is 5.80. The summed E-state index contributed by atoms with van der Waals surface area (Å²) in [4.78, 5) is 28.4. The second-order valence-electron chi connectivity index (χ2n) is 6.72. The summed E-state index contributed by atoms with van der Waals surface area (Å²) in [6.45, 7) is -0.129. The molecule has 1 saturated carbocycles. The number of alkyl halides is 3. The highest BCUT2D eigenvalue weighted by atomic mass is 19.4. The molecule has 1 aromatic carbocycles. The summed E-state index contributed by atoms with van der Waals surface area (Å²) in [5.74, 6) is -0.243. The normalized spacial score (nSPS) is 15.5. The van der Waals surface area contributed by atoms with Crippen LogP contribution in [0.2, 0.25) is 0 Å². The molecule has 144 valence electrons. The van der Waals surface area contributed by atoms with Crippen molar-refractivity contribution in [3.05, 3.63) is 52.6 Å². The van der Waals surface area contributed by atoms with Crippen LogP contribution in [-0.4, -0.2) is 21.5 Å². The van der Waals surface area contributed by atoms with Crippen LogP contribution in [0.1, 0.15) is 37.7 Å². The van der Waals surface area contributed by atoms with Crippen LogP contribution >= 0.6 is 0 Å². The van der Waals surface area contributed by atoms with E-state index in [-0.39, 0.29) is 24.2 Å². The summed E-state index contributed by atoms with van der Waals surface area (Å²) < 4.78 is 39.1. The first kappa shape index (κ1) is 19.1. The number of aromatic nitrogens is 2.